The Balaban J connectivity index is 4.67. The number of hydrogen-bond donors (Lipinski definition) is 6. The van der Waals surface area contributed by atoms with Gasteiger partial charge >= 0.3 is 0 Å². The SMILES string of the molecule is COC[C@](O)(CO)[C@H](O)[C@@H](O)[C@H](O)C(C)O. The topological polar surface area (TPSA) is 131 Å². The number of hydrogen-bond acceptors (Lipinski definition) is 7. The summed E-state index contributed by atoms with van der Waals surface area (Å²) in [7, 11) is 1.24. The monoisotopic (exact) mass is 240 g/mol. The van der Waals surface area contributed by atoms with Crippen molar-refractivity contribution in [3.8, 4) is 0 Å². The summed E-state index contributed by atoms with van der Waals surface area (Å²) in [6, 6.07) is 0. The third-order valence-electron chi connectivity index (χ3n) is 2.39. The van der Waals surface area contributed by atoms with Crippen molar-refractivity contribution in [1.82, 2.24) is 0 Å². The van der Waals surface area contributed by atoms with Gasteiger partial charge in [0, 0.05) is 7.11 Å². The second kappa shape index (κ2) is 6.45. The molecule has 0 fully saturated rings. The number of methoxy groups -OCH3 is 1. The molecule has 7 nitrogen and oxygen atoms in total. The van der Waals surface area contributed by atoms with Crippen molar-refractivity contribution in [2.45, 2.75) is 36.9 Å². The fourth-order valence-electron chi connectivity index (χ4n) is 1.26. The largest absolute Gasteiger partial charge is 0.393 e. The lowest BCUT2D eigenvalue weighted by atomic mass is 9.90. The van der Waals surface area contributed by atoms with Gasteiger partial charge in [-0.05, 0) is 6.92 Å². The minimum absolute atomic E-state index is 0.422. The lowest BCUT2D eigenvalue weighted by molar-refractivity contribution is -0.195. The van der Waals surface area contributed by atoms with E-state index in [0.717, 1.165) is 0 Å². The molecule has 6 N–H and O–H groups in total. The Bertz CT molecular complexity index is 198. The van der Waals surface area contributed by atoms with Crippen LogP contribution in [0, 0.1) is 0 Å². The summed E-state index contributed by atoms with van der Waals surface area (Å²) < 4.78 is 4.58. The second-order valence-corrected chi connectivity index (χ2v) is 3.86. The van der Waals surface area contributed by atoms with E-state index in [9.17, 15) is 20.4 Å². The molecule has 7 heteroatoms. The van der Waals surface area contributed by atoms with E-state index in [1.165, 1.54) is 14.0 Å². The van der Waals surface area contributed by atoms with Crippen molar-refractivity contribution in [2.24, 2.45) is 0 Å². The van der Waals surface area contributed by atoms with Crippen LogP contribution in [-0.2, 0) is 4.74 Å². The molecule has 0 aromatic carbocycles. The van der Waals surface area contributed by atoms with Gasteiger partial charge in [-0.25, -0.2) is 0 Å². The molecular weight excluding hydrogens is 220 g/mol. The molecule has 0 saturated heterocycles. The normalized spacial score (nSPS) is 23.2. The van der Waals surface area contributed by atoms with Crippen LogP contribution < -0.4 is 0 Å². The lowest BCUT2D eigenvalue weighted by Gasteiger charge is -2.35. The van der Waals surface area contributed by atoms with Gasteiger partial charge in [0.05, 0.1) is 19.3 Å². The fraction of sp³-hybridized carbons (Fsp3) is 1.00. The summed E-state index contributed by atoms with van der Waals surface area (Å²) in [5, 5.41) is 56.0. The van der Waals surface area contributed by atoms with E-state index in [-0.39, 0.29) is 0 Å². The maximum atomic E-state index is 9.71. The first-order valence-corrected chi connectivity index (χ1v) is 4.84. The van der Waals surface area contributed by atoms with Gasteiger partial charge in [0.25, 0.3) is 0 Å². The summed E-state index contributed by atoms with van der Waals surface area (Å²) in [6.45, 7) is -0.0607. The smallest absolute Gasteiger partial charge is 0.139 e. The Morgan fingerprint density at radius 3 is 1.94 bits per heavy atom. The van der Waals surface area contributed by atoms with Crippen molar-refractivity contribution in [3.05, 3.63) is 0 Å². The Hall–Kier alpha value is -0.280. The van der Waals surface area contributed by atoms with Gasteiger partial charge in [-0.2, -0.15) is 0 Å². The summed E-state index contributed by atoms with van der Waals surface area (Å²) in [5.74, 6) is 0. The molecule has 0 aromatic heterocycles. The van der Waals surface area contributed by atoms with Gasteiger partial charge < -0.3 is 35.4 Å². The molecule has 0 radical (unpaired) electrons. The molecule has 0 saturated carbocycles. The predicted octanol–water partition coefficient (Wildman–Crippen LogP) is -3.18. The highest BCUT2D eigenvalue weighted by atomic mass is 16.5. The van der Waals surface area contributed by atoms with Crippen molar-refractivity contribution in [3.63, 3.8) is 0 Å². The number of aliphatic hydroxyl groups excluding tert-OH is 5. The van der Waals surface area contributed by atoms with Gasteiger partial charge in [0.1, 0.15) is 23.9 Å². The fourth-order valence-corrected chi connectivity index (χ4v) is 1.26. The molecule has 5 atom stereocenters. The van der Waals surface area contributed by atoms with Crippen LogP contribution in [0.5, 0.6) is 0 Å². The zero-order chi connectivity index (χ0) is 12.9. The molecular formula is C9H20O7. The van der Waals surface area contributed by atoms with Crippen molar-refractivity contribution >= 4 is 0 Å². The first-order chi connectivity index (χ1) is 7.30. The van der Waals surface area contributed by atoms with Crippen LogP contribution in [0.1, 0.15) is 6.92 Å². The molecule has 0 aromatic rings. The highest BCUT2D eigenvalue weighted by Gasteiger charge is 2.43. The minimum Gasteiger partial charge on any atom is -0.393 e. The average molecular weight is 240 g/mol. The number of ether oxygens (including phenoxy) is 1. The van der Waals surface area contributed by atoms with Gasteiger partial charge in [0.2, 0.25) is 0 Å². The molecule has 0 aliphatic heterocycles. The van der Waals surface area contributed by atoms with E-state index in [1.54, 1.807) is 0 Å². The maximum absolute atomic E-state index is 9.71. The average Bonchev–Trinajstić information content (AvgIpc) is 2.25. The third kappa shape index (κ3) is 3.63. The zero-order valence-corrected chi connectivity index (χ0v) is 9.32. The molecule has 0 aliphatic carbocycles. The van der Waals surface area contributed by atoms with Crippen LogP contribution in [0.15, 0.2) is 0 Å². The van der Waals surface area contributed by atoms with Crippen LogP contribution in [-0.4, -0.2) is 81.0 Å². The molecule has 0 bridgehead atoms. The highest BCUT2D eigenvalue weighted by Crippen LogP contribution is 2.17. The number of rotatable bonds is 7. The third-order valence-corrected chi connectivity index (χ3v) is 2.39. The Morgan fingerprint density at radius 2 is 1.62 bits per heavy atom. The van der Waals surface area contributed by atoms with Crippen LogP contribution >= 0.6 is 0 Å². The van der Waals surface area contributed by atoms with E-state index in [0.29, 0.717) is 0 Å². The lowest BCUT2D eigenvalue weighted by Crippen LogP contribution is -2.58. The first kappa shape index (κ1) is 15.7. The van der Waals surface area contributed by atoms with Crippen molar-refractivity contribution in [2.75, 3.05) is 20.3 Å². The second-order valence-electron chi connectivity index (χ2n) is 3.86. The first-order valence-electron chi connectivity index (χ1n) is 4.84. The molecule has 1 unspecified atom stereocenters. The van der Waals surface area contributed by atoms with E-state index in [2.05, 4.69) is 4.74 Å². The summed E-state index contributed by atoms with van der Waals surface area (Å²) in [6.07, 6.45) is -6.56. The molecule has 0 heterocycles. The molecule has 98 valence electrons. The van der Waals surface area contributed by atoms with E-state index >= 15 is 0 Å². The zero-order valence-electron chi connectivity index (χ0n) is 9.32. The van der Waals surface area contributed by atoms with Gasteiger partial charge in [-0.1, -0.05) is 0 Å². The van der Waals surface area contributed by atoms with Crippen LogP contribution in [0.25, 0.3) is 0 Å². The molecule has 16 heavy (non-hydrogen) atoms. The van der Waals surface area contributed by atoms with Gasteiger partial charge in [-0.3, -0.25) is 0 Å². The Kier molecular flexibility index (Phi) is 6.34. The summed E-state index contributed by atoms with van der Waals surface area (Å²) >= 11 is 0. The van der Waals surface area contributed by atoms with E-state index in [4.69, 9.17) is 10.2 Å². The molecule has 0 aliphatic rings. The maximum Gasteiger partial charge on any atom is 0.139 e. The van der Waals surface area contributed by atoms with Crippen LogP contribution in [0.2, 0.25) is 0 Å². The quantitative estimate of drug-likeness (QED) is 0.276. The Morgan fingerprint density at radius 1 is 1.12 bits per heavy atom. The van der Waals surface area contributed by atoms with E-state index < -0.39 is 43.2 Å². The van der Waals surface area contributed by atoms with Crippen LogP contribution in [0.3, 0.4) is 0 Å². The predicted molar refractivity (Wildman–Crippen MR) is 53.6 cm³/mol. The van der Waals surface area contributed by atoms with Gasteiger partial charge in [-0.15, -0.1) is 0 Å². The Labute approximate surface area is 93.5 Å². The summed E-state index contributed by atoms with van der Waals surface area (Å²) in [5.41, 5.74) is -2.09. The summed E-state index contributed by atoms with van der Waals surface area (Å²) in [4.78, 5) is 0. The van der Waals surface area contributed by atoms with E-state index in [1.807, 2.05) is 0 Å². The highest BCUT2D eigenvalue weighted by molar-refractivity contribution is 4.93. The van der Waals surface area contributed by atoms with Crippen molar-refractivity contribution < 1.29 is 35.4 Å². The van der Waals surface area contributed by atoms with Crippen LogP contribution in [0.4, 0.5) is 0 Å². The molecule has 0 spiro atoms. The van der Waals surface area contributed by atoms with Crippen molar-refractivity contribution in [1.29, 1.82) is 0 Å². The number of aliphatic hydroxyl groups is 6. The minimum atomic E-state index is -2.09. The van der Waals surface area contributed by atoms with Gasteiger partial charge in [0.15, 0.2) is 0 Å². The molecule has 0 rings (SSSR count). The standard InChI is InChI=1S/C9H20O7/c1-5(11)6(12)7(13)8(14)9(15,3-10)4-16-2/h5-8,10-15H,3-4H2,1-2H3/t5?,6-,7+,8-,9-/m1/s1. The molecule has 0 amide bonds.